The fourth-order valence-corrected chi connectivity index (χ4v) is 3.49. The van der Waals surface area contributed by atoms with E-state index in [1.165, 1.54) is 4.90 Å². The molecule has 0 unspecified atom stereocenters. The summed E-state index contributed by atoms with van der Waals surface area (Å²) >= 11 is 11.9. The van der Waals surface area contributed by atoms with E-state index >= 15 is 0 Å². The van der Waals surface area contributed by atoms with Crippen LogP contribution in [0.3, 0.4) is 0 Å². The SMILES string of the molecule is CC[NH+](CC)[C@H](CNC(=S)Nc1ccc(OC)cc1)c1ccccc1Cl. The highest BCUT2D eigenvalue weighted by Crippen LogP contribution is 2.20. The Hall–Kier alpha value is -1.82. The second-order valence-corrected chi connectivity index (χ2v) is 6.82. The standard InChI is InChI=1S/C20H26ClN3OS/c1-4-24(5-2)19(17-8-6-7-9-18(17)21)14-22-20(26)23-15-10-12-16(25-3)13-11-15/h6-13,19H,4-5,14H2,1-3H3,(H2,22,23,26)/p+1/t19-/m1/s1. The Morgan fingerprint density at radius 3 is 2.35 bits per heavy atom. The number of nitrogens with one attached hydrogen (secondary N) is 3. The summed E-state index contributed by atoms with van der Waals surface area (Å²) in [6, 6.07) is 15.9. The van der Waals surface area contributed by atoms with E-state index in [4.69, 9.17) is 28.6 Å². The van der Waals surface area contributed by atoms with Gasteiger partial charge < -0.3 is 20.3 Å². The van der Waals surface area contributed by atoms with Crippen LogP contribution in [0.15, 0.2) is 48.5 Å². The molecule has 2 rings (SSSR count). The molecule has 0 fully saturated rings. The number of ether oxygens (including phenoxy) is 1. The summed E-state index contributed by atoms with van der Waals surface area (Å²) in [5.74, 6) is 0.818. The van der Waals surface area contributed by atoms with Gasteiger partial charge in [0, 0.05) is 16.3 Å². The lowest BCUT2D eigenvalue weighted by Crippen LogP contribution is -3.12. The number of hydrogen-bond donors (Lipinski definition) is 3. The number of halogens is 1. The number of benzene rings is 2. The first-order valence-electron chi connectivity index (χ1n) is 8.86. The van der Waals surface area contributed by atoms with Crippen LogP contribution < -0.4 is 20.3 Å². The molecule has 0 saturated carbocycles. The topological polar surface area (TPSA) is 37.7 Å². The Kier molecular flexibility index (Phi) is 8.16. The lowest BCUT2D eigenvalue weighted by atomic mass is 10.0. The van der Waals surface area contributed by atoms with Crippen LogP contribution in [0.5, 0.6) is 5.75 Å². The molecular formula is C20H27ClN3OS+. The Labute approximate surface area is 166 Å². The number of quaternary nitrogens is 1. The third-order valence-electron chi connectivity index (χ3n) is 4.50. The second kappa shape index (κ2) is 10.4. The molecule has 2 aromatic rings. The maximum absolute atomic E-state index is 6.45. The van der Waals surface area contributed by atoms with Crippen LogP contribution >= 0.6 is 23.8 Å². The Morgan fingerprint density at radius 1 is 1.12 bits per heavy atom. The van der Waals surface area contributed by atoms with E-state index in [-0.39, 0.29) is 6.04 Å². The van der Waals surface area contributed by atoms with Gasteiger partial charge in [0.15, 0.2) is 5.11 Å². The molecule has 0 aliphatic carbocycles. The highest BCUT2D eigenvalue weighted by atomic mass is 35.5. The zero-order valence-electron chi connectivity index (χ0n) is 15.5. The van der Waals surface area contributed by atoms with E-state index < -0.39 is 0 Å². The van der Waals surface area contributed by atoms with Gasteiger partial charge in [0.1, 0.15) is 11.8 Å². The van der Waals surface area contributed by atoms with Crippen molar-refractivity contribution in [1.82, 2.24) is 5.32 Å². The Morgan fingerprint density at radius 2 is 1.77 bits per heavy atom. The van der Waals surface area contributed by atoms with E-state index in [2.05, 4.69) is 30.5 Å². The predicted molar refractivity (Wildman–Crippen MR) is 113 cm³/mol. The first-order valence-corrected chi connectivity index (χ1v) is 9.65. The largest absolute Gasteiger partial charge is 0.497 e. The maximum atomic E-state index is 6.45. The minimum Gasteiger partial charge on any atom is -0.497 e. The fraction of sp³-hybridized carbons (Fsp3) is 0.350. The van der Waals surface area contributed by atoms with Crippen LogP contribution in [0.4, 0.5) is 5.69 Å². The van der Waals surface area contributed by atoms with Crippen LogP contribution in [0.2, 0.25) is 5.02 Å². The number of methoxy groups -OCH3 is 1. The monoisotopic (exact) mass is 392 g/mol. The average Bonchev–Trinajstić information content (AvgIpc) is 2.66. The van der Waals surface area contributed by atoms with E-state index in [9.17, 15) is 0 Å². The lowest BCUT2D eigenvalue weighted by Gasteiger charge is -2.28. The molecule has 0 bridgehead atoms. The summed E-state index contributed by atoms with van der Waals surface area (Å²) in [6.07, 6.45) is 0. The number of likely N-dealkylation sites (N-methyl/N-ethyl adjacent to an activating group) is 1. The van der Waals surface area contributed by atoms with Gasteiger partial charge in [-0.2, -0.15) is 0 Å². The molecular weight excluding hydrogens is 366 g/mol. The molecule has 1 atom stereocenters. The maximum Gasteiger partial charge on any atom is 0.171 e. The molecule has 0 aliphatic heterocycles. The van der Waals surface area contributed by atoms with Crippen LogP contribution in [0, 0.1) is 0 Å². The van der Waals surface area contributed by atoms with Gasteiger partial charge in [-0.1, -0.05) is 29.8 Å². The van der Waals surface area contributed by atoms with Gasteiger partial charge in [-0.25, -0.2) is 0 Å². The first kappa shape index (κ1) is 20.5. The van der Waals surface area contributed by atoms with Crippen LogP contribution in [0.25, 0.3) is 0 Å². The smallest absolute Gasteiger partial charge is 0.171 e. The zero-order chi connectivity index (χ0) is 18.9. The van der Waals surface area contributed by atoms with Crippen molar-refractivity contribution in [2.75, 3.05) is 32.1 Å². The minimum absolute atomic E-state index is 0.231. The summed E-state index contributed by atoms with van der Waals surface area (Å²) < 4.78 is 5.17. The highest BCUT2D eigenvalue weighted by Gasteiger charge is 2.24. The molecule has 6 heteroatoms. The van der Waals surface area contributed by atoms with Gasteiger partial charge >= 0.3 is 0 Å². The predicted octanol–water partition coefficient (Wildman–Crippen LogP) is 3.30. The fourth-order valence-electron chi connectivity index (χ4n) is 3.02. The van der Waals surface area contributed by atoms with Gasteiger partial charge in [0.05, 0.1) is 26.7 Å². The lowest BCUT2D eigenvalue weighted by molar-refractivity contribution is -0.927. The van der Waals surface area contributed by atoms with E-state index in [1.54, 1.807) is 7.11 Å². The van der Waals surface area contributed by atoms with E-state index in [1.807, 2.05) is 42.5 Å². The minimum atomic E-state index is 0.231. The van der Waals surface area contributed by atoms with Crippen molar-refractivity contribution < 1.29 is 9.64 Å². The summed E-state index contributed by atoms with van der Waals surface area (Å²) in [7, 11) is 1.65. The summed E-state index contributed by atoms with van der Waals surface area (Å²) in [6.45, 7) is 7.13. The van der Waals surface area contributed by atoms with Crippen LogP contribution in [-0.2, 0) is 0 Å². The molecule has 140 valence electrons. The molecule has 0 aromatic heterocycles. The van der Waals surface area contributed by atoms with Gasteiger partial charge in [-0.05, 0) is 56.4 Å². The third kappa shape index (κ3) is 5.59. The molecule has 2 aromatic carbocycles. The molecule has 0 amide bonds. The molecule has 0 saturated heterocycles. The van der Waals surface area contributed by atoms with Crippen molar-refractivity contribution in [1.29, 1.82) is 0 Å². The second-order valence-electron chi connectivity index (χ2n) is 6.00. The summed E-state index contributed by atoms with van der Waals surface area (Å²) in [5.41, 5.74) is 2.07. The summed E-state index contributed by atoms with van der Waals surface area (Å²) in [4.78, 5) is 1.46. The molecule has 3 N–H and O–H groups in total. The van der Waals surface area contributed by atoms with Crippen LogP contribution in [-0.4, -0.2) is 31.9 Å². The highest BCUT2D eigenvalue weighted by molar-refractivity contribution is 7.80. The van der Waals surface area contributed by atoms with Gasteiger partial charge in [0.25, 0.3) is 0 Å². The van der Waals surface area contributed by atoms with Crippen molar-refractivity contribution >= 4 is 34.6 Å². The normalized spacial score (nSPS) is 11.9. The van der Waals surface area contributed by atoms with Gasteiger partial charge in [-0.15, -0.1) is 0 Å². The quantitative estimate of drug-likeness (QED) is 0.602. The molecule has 0 radical (unpaired) electrons. The first-order chi connectivity index (χ1) is 12.6. The van der Waals surface area contributed by atoms with Crippen molar-refractivity contribution in [2.24, 2.45) is 0 Å². The van der Waals surface area contributed by atoms with Crippen molar-refractivity contribution in [3.63, 3.8) is 0 Å². The van der Waals surface area contributed by atoms with Crippen molar-refractivity contribution in [3.8, 4) is 5.75 Å². The molecule has 0 spiro atoms. The molecule has 0 heterocycles. The van der Waals surface area contributed by atoms with Crippen molar-refractivity contribution in [3.05, 3.63) is 59.1 Å². The van der Waals surface area contributed by atoms with Gasteiger partial charge in [-0.3, -0.25) is 0 Å². The number of rotatable bonds is 8. The van der Waals surface area contributed by atoms with Crippen LogP contribution in [0.1, 0.15) is 25.5 Å². The van der Waals surface area contributed by atoms with Crippen molar-refractivity contribution in [2.45, 2.75) is 19.9 Å². The Balaban J connectivity index is 2.03. The third-order valence-corrected chi connectivity index (χ3v) is 5.09. The number of hydrogen-bond acceptors (Lipinski definition) is 2. The molecule has 0 aliphatic rings. The van der Waals surface area contributed by atoms with E-state index in [0.717, 1.165) is 35.1 Å². The zero-order valence-corrected chi connectivity index (χ0v) is 17.1. The average molecular weight is 393 g/mol. The molecule has 26 heavy (non-hydrogen) atoms. The molecule has 4 nitrogen and oxygen atoms in total. The van der Waals surface area contributed by atoms with Gasteiger partial charge in [0.2, 0.25) is 0 Å². The number of anilines is 1. The van der Waals surface area contributed by atoms with E-state index in [0.29, 0.717) is 11.7 Å². The number of thiocarbonyl (C=S) groups is 1. The Bertz CT molecular complexity index is 704. The summed E-state index contributed by atoms with van der Waals surface area (Å²) in [5, 5.41) is 7.95.